The number of rotatable bonds is 5. The molecule has 4 nitrogen and oxygen atoms in total. The number of hydrogen-bond acceptors (Lipinski definition) is 4. The Labute approximate surface area is 137 Å². The smallest absolute Gasteiger partial charge is 0.137 e. The Morgan fingerprint density at radius 1 is 1.32 bits per heavy atom. The van der Waals surface area contributed by atoms with Crippen LogP contribution in [0.5, 0.6) is 5.75 Å². The Bertz CT molecular complexity index is 485. The first kappa shape index (κ1) is 16.1. The van der Waals surface area contributed by atoms with Gasteiger partial charge in [-0.15, -0.1) is 0 Å². The second kappa shape index (κ2) is 7.64. The van der Waals surface area contributed by atoms with Crippen LogP contribution in [0.25, 0.3) is 0 Å². The molecule has 22 heavy (non-hydrogen) atoms. The molecule has 0 spiro atoms. The zero-order valence-electron chi connectivity index (χ0n) is 12.8. The van der Waals surface area contributed by atoms with Gasteiger partial charge in [0.25, 0.3) is 0 Å². The minimum atomic E-state index is -0.233. The molecule has 2 fully saturated rings. The van der Waals surface area contributed by atoms with E-state index in [9.17, 15) is 5.11 Å². The van der Waals surface area contributed by atoms with Gasteiger partial charge in [0.05, 0.1) is 17.7 Å². The van der Waals surface area contributed by atoms with Gasteiger partial charge in [0.2, 0.25) is 0 Å². The van der Waals surface area contributed by atoms with Gasteiger partial charge < -0.3 is 14.6 Å². The molecule has 2 aliphatic rings. The number of halogens is 1. The number of benzene rings is 1. The largest absolute Gasteiger partial charge is 0.491 e. The number of hydrogen-bond donors (Lipinski definition) is 1. The lowest BCUT2D eigenvalue weighted by molar-refractivity contribution is -0.0634. The Morgan fingerprint density at radius 2 is 2.18 bits per heavy atom. The van der Waals surface area contributed by atoms with Gasteiger partial charge in [-0.05, 0) is 37.9 Å². The summed E-state index contributed by atoms with van der Waals surface area (Å²) in [5.74, 6) is 0.970. The van der Waals surface area contributed by atoms with Crippen LogP contribution >= 0.6 is 11.6 Å². The fourth-order valence-corrected chi connectivity index (χ4v) is 3.76. The van der Waals surface area contributed by atoms with Crippen LogP contribution in [0.4, 0.5) is 0 Å². The van der Waals surface area contributed by atoms with Gasteiger partial charge in [0, 0.05) is 25.1 Å². The van der Waals surface area contributed by atoms with Gasteiger partial charge in [-0.1, -0.05) is 23.7 Å². The number of para-hydroxylation sites is 1. The molecule has 3 rings (SSSR count). The Morgan fingerprint density at radius 3 is 3.00 bits per heavy atom. The van der Waals surface area contributed by atoms with E-state index in [-0.39, 0.29) is 12.0 Å². The summed E-state index contributed by atoms with van der Waals surface area (Å²) in [6, 6.07) is 7.96. The van der Waals surface area contributed by atoms with E-state index in [0.29, 0.717) is 30.9 Å². The van der Waals surface area contributed by atoms with E-state index < -0.39 is 0 Å². The van der Waals surface area contributed by atoms with Crippen LogP contribution in [-0.2, 0) is 4.74 Å². The van der Waals surface area contributed by atoms with Crippen LogP contribution in [0.1, 0.15) is 19.3 Å². The first-order valence-corrected chi connectivity index (χ1v) is 8.50. The maximum absolute atomic E-state index is 10.2. The van der Waals surface area contributed by atoms with Crippen molar-refractivity contribution in [2.45, 2.75) is 31.4 Å². The van der Waals surface area contributed by atoms with E-state index in [0.717, 1.165) is 31.7 Å². The van der Waals surface area contributed by atoms with E-state index in [1.54, 1.807) is 0 Å². The van der Waals surface area contributed by atoms with Gasteiger partial charge >= 0.3 is 0 Å². The van der Waals surface area contributed by atoms with Crippen molar-refractivity contribution >= 4 is 11.6 Å². The molecule has 1 N–H and O–H groups in total. The molecule has 0 bridgehead atoms. The lowest BCUT2D eigenvalue weighted by Gasteiger charge is -2.37. The van der Waals surface area contributed by atoms with Crippen LogP contribution in [0, 0.1) is 5.92 Å². The maximum atomic E-state index is 10.2. The normalized spacial score (nSPS) is 29.6. The van der Waals surface area contributed by atoms with Crippen LogP contribution in [0.2, 0.25) is 5.02 Å². The van der Waals surface area contributed by atoms with Crippen molar-refractivity contribution in [3.8, 4) is 5.75 Å². The van der Waals surface area contributed by atoms with E-state index in [4.69, 9.17) is 21.1 Å². The number of nitrogens with zero attached hydrogens (tertiary/aromatic N) is 1. The molecule has 122 valence electrons. The number of ether oxygens (including phenoxy) is 2. The number of aliphatic hydroxyl groups excluding tert-OH is 1. The van der Waals surface area contributed by atoms with Crippen molar-refractivity contribution < 1.29 is 14.6 Å². The second-order valence-electron chi connectivity index (χ2n) is 6.12. The fraction of sp³-hybridized carbons (Fsp3) is 0.647. The molecule has 3 atom stereocenters. The molecule has 0 unspecified atom stereocenters. The maximum Gasteiger partial charge on any atom is 0.137 e. The summed E-state index contributed by atoms with van der Waals surface area (Å²) in [5, 5.41) is 10.9. The molecule has 0 radical (unpaired) electrons. The monoisotopic (exact) mass is 325 g/mol. The van der Waals surface area contributed by atoms with Crippen molar-refractivity contribution in [2.24, 2.45) is 5.92 Å². The zero-order valence-corrected chi connectivity index (χ0v) is 13.5. The highest BCUT2D eigenvalue weighted by Crippen LogP contribution is 2.30. The molecule has 1 aromatic carbocycles. The SMILES string of the molecule is O[C@@H]1CCOC[C@H]1[C@H]1CCCN1CCOc1ccccc1Cl. The molecule has 2 aliphatic heterocycles. The van der Waals surface area contributed by atoms with Crippen LogP contribution in [0.3, 0.4) is 0 Å². The molecule has 2 heterocycles. The molecule has 5 heteroatoms. The molecule has 2 saturated heterocycles. The Hall–Kier alpha value is -0.810. The summed E-state index contributed by atoms with van der Waals surface area (Å²) in [7, 11) is 0. The number of aliphatic hydroxyl groups is 1. The lowest BCUT2D eigenvalue weighted by Crippen LogP contribution is -2.47. The highest BCUT2D eigenvalue weighted by molar-refractivity contribution is 6.32. The van der Waals surface area contributed by atoms with Crippen molar-refractivity contribution in [3.63, 3.8) is 0 Å². The quantitative estimate of drug-likeness (QED) is 0.903. The number of likely N-dealkylation sites (tertiary alicyclic amines) is 1. The minimum absolute atomic E-state index is 0.233. The first-order chi connectivity index (χ1) is 10.8. The average molecular weight is 326 g/mol. The third-order valence-corrected chi connectivity index (χ3v) is 5.06. The summed E-state index contributed by atoms with van der Waals surface area (Å²) in [5.41, 5.74) is 0. The van der Waals surface area contributed by atoms with Crippen molar-refractivity contribution in [1.29, 1.82) is 0 Å². The minimum Gasteiger partial charge on any atom is -0.491 e. The van der Waals surface area contributed by atoms with E-state index >= 15 is 0 Å². The Kier molecular flexibility index (Phi) is 5.58. The summed E-state index contributed by atoms with van der Waals surface area (Å²) in [6.45, 7) is 3.90. The van der Waals surface area contributed by atoms with Crippen molar-refractivity contribution in [1.82, 2.24) is 4.90 Å². The fourth-order valence-electron chi connectivity index (χ4n) is 3.57. The van der Waals surface area contributed by atoms with E-state index in [2.05, 4.69) is 4.90 Å². The van der Waals surface area contributed by atoms with E-state index in [1.165, 1.54) is 6.42 Å². The van der Waals surface area contributed by atoms with Crippen LogP contribution in [0.15, 0.2) is 24.3 Å². The summed E-state index contributed by atoms with van der Waals surface area (Å²) in [4.78, 5) is 2.43. The highest BCUT2D eigenvalue weighted by Gasteiger charge is 2.37. The van der Waals surface area contributed by atoms with Gasteiger partial charge in [-0.3, -0.25) is 4.90 Å². The van der Waals surface area contributed by atoms with Gasteiger partial charge in [0.15, 0.2) is 0 Å². The second-order valence-corrected chi connectivity index (χ2v) is 6.53. The highest BCUT2D eigenvalue weighted by atomic mass is 35.5. The predicted molar refractivity (Wildman–Crippen MR) is 86.5 cm³/mol. The summed E-state index contributed by atoms with van der Waals surface area (Å²) >= 11 is 6.10. The van der Waals surface area contributed by atoms with Gasteiger partial charge in [-0.25, -0.2) is 0 Å². The molecule has 0 aromatic heterocycles. The molecule has 0 amide bonds. The molecular weight excluding hydrogens is 302 g/mol. The van der Waals surface area contributed by atoms with Crippen LogP contribution in [-0.4, -0.2) is 55.1 Å². The lowest BCUT2D eigenvalue weighted by atomic mass is 9.89. The van der Waals surface area contributed by atoms with Crippen LogP contribution < -0.4 is 4.74 Å². The summed E-state index contributed by atoms with van der Waals surface area (Å²) < 4.78 is 11.4. The average Bonchev–Trinajstić information content (AvgIpc) is 2.98. The topological polar surface area (TPSA) is 41.9 Å². The zero-order chi connectivity index (χ0) is 15.4. The van der Waals surface area contributed by atoms with Gasteiger partial charge in [-0.2, -0.15) is 0 Å². The first-order valence-electron chi connectivity index (χ1n) is 8.13. The van der Waals surface area contributed by atoms with E-state index in [1.807, 2.05) is 24.3 Å². The molecule has 0 saturated carbocycles. The Balaban J connectivity index is 1.52. The molecule has 0 aliphatic carbocycles. The third kappa shape index (κ3) is 3.74. The summed E-state index contributed by atoms with van der Waals surface area (Å²) in [6.07, 6.45) is 2.84. The van der Waals surface area contributed by atoms with Crippen molar-refractivity contribution in [2.75, 3.05) is 32.9 Å². The molecule has 1 aromatic rings. The van der Waals surface area contributed by atoms with Gasteiger partial charge in [0.1, 0.15) is 12.4 Å². The standard InChI is InChI=1S/C17H24ClNO3/c18-14-4-1-2-6-17(14)22-11-9-19-8-3-5-15(19)13-12-21-10-7-16(13)20/h1-2,4,6,13,15-16,20H,3,5,7-12H2/t13-,15+,16+/m0/s1. The predicted octanol–water partition coefficient (Wildman–Crippen LogP) is 2.58. The molecular formula is C17H24ClNO3. The van der Waals surface area contributed by atoms with Crippen molar-refractivity contribution in [3.05, 3.63) is 29.3 Å². The third-order valence-electron chi connectivity index (χ3n) is 4.74.